The Hall–Kier alpha value is -2.84. The lowest BCUT2D eigenvalue weighted by Crippen LogP contribution is -2.12. The van der Waals surface area contributed by atoms with Gasteiger partial charge in [-0.2, -0.15) is 0 Å². The van der Waals surface area contributed by atoms with E-state index < -0.39 is 11.7 Å². The molecule has 0 fully saturated rings. The predicted molar refractivity (Wildman–Crippen MR) is 76.4 cm³/mol. The Bertz CT molecular complexity index is 715. The van der Waals surface area contributed by atoms with Crippen molar-refractivity contribution in [1.82, 2.24) is 0 Å². The van der Waals surface area contributed by atoms with E-state index in [1.165, 1.54) is 42.5 Å². The van der Waals surface area contributed by atoms with Gasteiger partial charge in [-0.1, -0.05) is 11.8 Å². The molecule has 0 unspecified atom stereocenters. The summed E-state index contributed by atoms with van der Waals surface area (Å²) in [7, 11) is 0. The highest BCUT2D eigenvalue weighted by Crippen LogP contribution is 2.18. The number of phenols is 1. The van der Waals surface area contributed by atoms with Crippen LogP contribution < -0.4 is 5.32 Å². The number of benzene rings is 2. The summed E-state index contributed by atoms with van der Waals surface area (Å²) in [5.74, 6) is 4.15. The third-order valence-corrected chi connectivity index (χ3v) is 2.66. The smallest absolute Gasteiger partial charge is 0.255 e. The molecule has 2 rings (SSSR count). The number of aromatic hydroxyl groups is 1. The minimum absolute atomic E-state index is 0.0582. The first-order valence-electron chi connectivity index (χ1n) is 6.10. The summed E-state index contributed by atoms with van der Waals surface area (Å²) in [6.45, 7) is -0.359. The minimum atomic E-state index is -0.486. The van der Waals surface area contributed by atoms with Crippen molar-refractivity contribution >= 4 is 11.6 Å². The zero-order chi connectivity index (χ0) is 15.2. The van der Waals surface area contributed by atoms with Crippen molar-refractivity contribution in [2.45, 2.75) is 0 Å². The van der Waals surface area contributed by atoms with Crippen LogP contribution in [0.4, 0.5) is 10.1 Å². The van der Waals surface area contributed by atoms with Crippen LogP contribution >= 0.6 is 0 Å². The van der Waals surface area contributed by atoms with Crippen molar-refractivity contribution in [2.24, 2.45) is 0 Å². The maximum Gasteiger partial charge on any atom is 0.255 e. The fourth-order valence-corrected chi connectivity index (χ4v) is 1.67. The molecule has 0 aliphatic rings. The van der Waals surface area contributed by atoms with E-state index in [0.717, 1.165) is 0 Å². The number of rotatable bonds is 2. The lowest BCUT2D eigenvalue weighted by atomic mass is 10.1. The molecule has 3 N–H and O–H groups in total. The summed E-state index contributed by atoms with van der Waals surface area (Å²) >= 11 is 0. The highest BCUT2D eigenvalue weighted by atomic mass is 19.1. The number of halogens is 1. The first kappa shape index (κ1) is 14.6. The lowest BCUT2D eigenvalue weighted by molar-refractivity contribution is 0.102. The average Bonchev–Trinajstić information content (AvgIpc) is 2.48. The Morgan fingerprint density at radius 1 is 1.19 bits per heavy atom. The van der Waals surface area contributed by atoms with Gasteiger partial charge in [-0.25, -0.2) is 4.39 Å². The summed E-state index contributed by atoms with van der Waals surface area (Å²) in [6.07, 6.45) is 0. The second-order valence-electron chi connectivity index (χ2n) is 4.15. The van der Waals surface area contributed by atoms with E-state index in [1.54, 1.807) is 0 Å². The third kappa shape index (κ3) is 3.81. The number of amides is 1. The summed E-state index contributed by atoms with van der Waals surface area (Å²) in [5, 5.41) is 20.5. The van der Waals surface area contributed by atoms with Crippen LogP contribution in [0.15, 0.2) is 42.5 Å². The molecule has 5 heteroatoms. The Morgan fingerprint density at radius 3 is 2.57 bits per heavy atom. The summed E-state index contributed by atoms with van der Waals surface area (Å²) < 4.78 is 13.2. The average molecular weight is 285 g/mol. The number of carbonyl (C=O) groups excluding carboxylic acids is 1. The van der Waals surface area contributed by atoms with Crippen LogP contribution in [-0.2, 0) is 0 Å². The SMILES string of the molecule is O=C(Nc1ccc(F)cc1C#CCO)c1ccc(O)cc1. The van der Waals surface area contributed by atoms with Crippen molar-refractivity contribution in [2.75, 3.05) is 11.9 Å². The van der Waals surface area contributed by atoms with E-state index >= 15 is 0 Å². The lowest BCUT2D eigenvalue weighted by Gasteiger charge is -2.08. The van der Waals surface area contributed by atoms with E-state index in [0.29, 0.717) is 11.3 Å². The Labute approximate surface area is 120 Å². The molecule has 0 bridgehead atoms. The number of carbonyl (C=O) groups is 1. The van der Waals surface area contributed by atoms with E-state index in [-0.39, 0.29) is 17.9 Å². The standard InChI is InChI=1S/C16H12FNO3/c17-13-5-8-15(12(10-13)2-1-9-19)18-16(21)11-3-6-14(20)7-4-11/h3-8,10,19-20H,9H2,(H,18,21). The van der Waals surface area contributed by atoms with Gasteiger partial charge in [0.2, 0.25) is 0 Å². The second kappa shape index (κ2) is 6.55. The number of hydrogen-bond donors (Lipinski definition) is 3. The Morgan fingerprint density at radius 2 is 1.90 bits per heavy atom. The highest BCUT2D eigenvalue weighted by Gasteiger charge is 2.09. The van der Waals surface area contributed by atoms with Crippen LogP contribution in [0.2, 0.25) is 0 Å². The summed E-state index contributed by atoms with van der Waals surface area (Å²) in [4.78, 5) is 12.1. The molecule has 0 saturated carbocycles. The molecule has 4 nitrogen and oxygen atoms in total. The molecular formula is C16H12FNO3. The molecule has 0 saturated heterocycles. The molecule has 106 valence electrons. The van der Waals surface area contributed by atoms with Gasteiger partial charge in [-0.05, 0) is 42.5 Å². The monoisotopic (exact) mass is 285 g/mol. The van der Waals surface area contributed by atoms with E-state index in [1.807, 2.05) is 0 Å². The number of aliphatic hydroxyl groups is 1. The molecule has 1 amide bonds. The van der Waals surface area contributed by atoms with Gasteiger partial charge >= 0.3 is 0 Å². The van der Waals surface area contributed by atoms with Crippen LogP contribution in [0.5, 0.6) is 5.75 Å². The molecule has 0 spiro atoms. The fourth-order valence-electron chi connectivity index (χ4n) is 1.67. The predicted octanol–water partition coefficient (Wildman–Crippen LogP) is 2.13. The van der Waals surface area contributed by atoms with Gasteiger partial charge in [0.05, 0.1) is 11.3 Å². The van der Waals surface area contributed by atoms with E-state index in [9.17, 15) is 14.3 Å². The molecule has 0 radical (unpaired) electrons. The topological polar surface area (TPSA) is 69.6 Å². The third-order valence-electron chi connectivity index (χ3n) is 2.66. The number of phenolic OH excluding ortho intramolecular Hbond substituents is 1. The van der Waals surface area contributed by atoms with Crippen molar-refractivity contribution in [3.8, 4) is 17.6 Å². The molecule has 0 atom stereocenters. The molecular weight excluding hydrogens is 273 g/mol. The van der Waals surface area contributed by atoms with Gasteiger partial charge in [0.15, 0.2) is 0 Å². The number of nitrogens with one attached hydrogen (secondary N) is 1. The number of anilines is 1. The Balaban J connectivity index is 2.26. The van der Waals surface area contributed by atoms with Crippen LogP contribution in [-0.4, -0.2) is 22.7 Å². The van der Waals surface area contributed by atoms with Crippen molar-refractivity contribution in [1.29, 1.82) is 0 Å². The molecule has 21 heavy (non-hydrogen) atoms. The van der Waals surface area contributed by atoms with Crippen molar-refractivity contribution in [3.05, 3.63) is 59.4 Å². The van der Waals surface area contributed by atoms with Gasteiger partial charge in [-0.15, -0.1) is 0 Å². The minimum Gasteiger partial charge on any atom is -0.508 e. The van der Waals surface area contributed by atoms with Gasteiger partial charge < -0.3 is 15.5 Å². The maximum absolute atomic E-state index is 13.2. The number of aliphatic hydroxyl groups excluding tert-OH is 1. The summed E-state index contributed by atoms with van der Waals surface area (Å²) in [5.41, 5.74) is 0.963. The van der Waals surface area contributed by atoms with E-state index in [4.69, 9.17) is 5.11 Å². The first-order valence-corrected chi connectivity index (χ1v) is 6.10. The van der Waals surface area contributed by atoms with Crippen LogP contribution in [0.25, 0.3) is 0 Å². The molecule has 2 aromatic rings. The van der Waals surface area contributed by atoms with Gasteiger partial charge in [0.1, 0.15) is 18.2 Å². The molecule has 2 aromatic carbocycles. The van der Waals surface area contributed by atoms with Crippen LogP contribution in [0.1, 0.15) is 15.9 Å². The maximum atomic E-state index is 13.2. The van der Waals surface area contributed by atoms with Crippen LogP contribution in [0.3, 0.4) is 0 Å². The summed E-state index contributed by atoms with van der Waals surface area (Å²) in [6, 6.07) is 9.50. The Kier molecular flexibility index (Phi) is 4.54. The molecule has 0 aliphatic carbocycles. The van der Waals surface area contributed by atoms with E-state index in [2.05, 4.69) is 17.2 Å². The van der Waals surface area contributed by atoms with Crippen LogP contribution in [0, 0.1) is 17.7 Å². The highest BCUT2D eigenvalue weighted by molar-refractivity contribution is 6.05. The number of hydrogen-bond acceptors (Lipinski definition) is 3. The first-order chi connectivity index (χ1) is 10.1. The molecule has 0 aliphatic heterocycles. The van der Waals surface area contributed by atoms with Gasteiger partial charge in [0.25, 0.3) is 5.91 Å². The molecule has 0 heterocycles. The quantitative estimate of drug-likeness (QED) is 0.740. The largest absolute Gasteiger partial charge is 0.508 e. The van der Waals surface area contributed by atoms with Gasteiger partial charge in [0, 0.05) is 5.56 Å². The zero-order valence-corrected chi connectivity index (χ0v) is 10.9. The van der Waals surface area contributed by atoms with Crippen molar-refractivity contribution in [3.63, 3.8) is 0 Å². The second-order valence-corrected chi connectivity index (χ2v) is 4.15. The van der Waals surface area contributed by atoms with Crippen molar-refractivity contribution < 1.29 is 19.4 Å². The fraction of sp³-hybridized carbons (Fsp3) is 0.0625. The molecule has 0 aromatic heterocycles. The zero-order valence-electron chi connectivity index (χ0n) is 10.9. The van der Waals surface area contributed by atoms with Gasteiger partial charge in [-0.3, -0.25) is 4.79 Å². The normalized spacial score (nSPS) is 9.62.